The topological polar surface area (TPSA) is 7.12 Å². The third kappa shape index (κ3) is 3.26. The van der Waals surface area contributed by atoms with E-state index >= 15 is 0 Å². The summed E-state index contributed by atoms with van der Waals surface area (Å²) in [7, 11) is 0. The van der Waals surface area contributed by atoms with Crippen LogP contribution in [0.25, 0.3) is 12.2 Å². The standard InChI is InChI=1S/C21H23N2/c1-4-12-23-20(16-18-10-13-22(5-2)14-11-18)8-7-19-15-17(3)6-9-21(19)23/h4,6-11,13-16H,1,5,12H2,2-3H3/q+1. The van der Waals surface area contributed by atoms with Crippen LogP contribution in [0.15, 0.2) is 67.2 Å². The highest BCUT2D eigenvalue weighted by Crippen LogP contribution is 2.32. The van der Waals surface area contributed by atoms with E-state index < -0.39 is 0 Å². The first-order chi connectivity index (χ1) is 11.2. The lowest BCUT2D eigenvalue weighted by molar-refractivity contribution is -0.693. The third-order valence-electron chi connectivity index (χ3n) is 4.13. The molecule has 0 atom stereocenters. The highest BCUT2D eigenvalue weighted by atomic mass is 15.1. The number of allylic oxidation sites excluding steroid dienone is 1. The van der Waals surface area contributed by atoms with Crippen molar-refractivity contribution in [2.45, 2.75) is 20.4 Å². The normalized spacial score (nSPS) is 14.9. The third-order valence-corrected chi connectivity index (χ3v) is 4.13. The molecule has 0 bridgehead atoms. The molecule has 1 aromatic heterocycles. The molecule has 0 saturated carbocycles. The Morgan fingerprint density at radius 1 is 1.13 bits per heavy atom. The smallest absolute Gasteiger partial charge is 0.169 e. The van der Waals surface area contributed by atoms with Gasteiger partial charge < -0.3 is 4.90 Å². The van der Waals surface area contributed by atoms with Crippen molar-refractivity contribution in [3.63, 3.8) is 0 Å². The minimum atomic E-state index is 0.800. The molecule has 0 spiro atoms. The molecule has 0 aliphatic carbocycles. The Hall–Kier alpha value is -2.61. The van der Waals surface area contributed by atoms with Crippen molar-refractivity contribution in [3.05, 3.63) is 83.8 Å². The average Bonchev–Trinajstić information content (AvgIpc) is 2.57. The van der Waals surface area contributed by atoms with Gasteiger partial charge in [-0.2, -0.15) is 0 Å². The predicted molar refractivity (Wildman–Crippen MR) is 98.0 cm³/mol. The van der Waals surface area contributed by atoms with Crippen LogP contribution in [0.5, 0.6) is 0 Å². The maximum atomic E-state index is 3.91. The first-order valence-corrected chi connectivity index (χ1v) is 8.09. The summed E-state index contributed by atoms with van der Waals surface area (Å²) in [5.74, 6) is 0. The van der Waals surface area contributed by atoms with Gasteiger partial charge in [0.25, 0.3) is 0 Å². The Kier molecular flexibility index (Phi) is 4.42. The summed E-state index contributed by atoms with van der Waals surface area (Å²) in [4.78, 5) is 2.31. The number of rotatable bonds is 4. The van der Waals surface area contributed by atoms with E-state index in [1.54, 1.807) is 0 Å². The molecule has 2 aromatic rings. The molecule has 3 rings (SSSR count). The van der Waals surface area contributed by atoms with Crippen LogP contribution in [0.2, 0.25) is 0 Å². The van der Waals surface area contributed by atoms with E-state index in [0.717, 1.165) is 13.1 Å². The van der Waals surface area contributed by atoms with Crippen LogP contribution in [0.1, 0.15) is 23.6 Å². The van der Waals surface area contributed by atoms with Crippen LogP contribution >= 0.6 is 0 Å². The molecule has 0 amide bonds. The number of hydrogen-bond donors (Lipinski definition) is 0. The van der Waals surface area contributed by atoms with Gasteiger partial charge in [-0.3, -0.25) is 0 Å². The lowest BCUT2D eigenvalue weighted by Crippen LogP contribution is -2.30. The fourth-order valence-corrected chi connectivity index (χ4v) is 2.86. The summed E-state index contributed by atoms with van der Waals surface area (Å²) in [6.07, 6.45) is 12.8. The Balaban J connectivity index is 1.99. The summed E-state index contributed by atoms with van der Waals surface area (Å²) in [5.41, 5.74) is 6.19. The summed E-state index contributed by atoms with van der Waals surface area (Å²) < 4.78 is 2.16. The first-order valence-electron chi connectivity index (χ1n) is 8.09. The van der Waals surface area contributed by atoms with Gasteiger partial charge in [0.15, 0.2) is 12.4 Å². The lowest BCUT2D eigenvalue weighted by atomic mass is 10.0. The maximum Gasteiger partial charge on any atom is 0.169 e. The minimum Gasteiger partial charge on any atom is -0.337 e. The SMILES string of the molecule is C=CCN1/C(=C/c2cc[n+](CC)cc2)C=Cc2cc(C)ccc21. The molecule has 23 heavy (non-hydrogen) atoms. The van der Waals surface area contributed by atoms with E-state index in [0.29, 0.717) is 0 Å². The zero-order chi connectivity index (χ0) is 16.2. The largest absolute Gasteiger partial charge is 0.337 e. The first kappa shape index (κ1) is 15.3. The van der Waals surface area contributed by atoms with Crippen molar-refractivity contribution >= 4 is 17.8 Å². The lowest BCUT2D eigenvalue weighted by Gasteiger charge is -2.29. The van der Waals surface area contributed by atoms with Crippen molar-refractivity contribution in [2.24, 2.45) is 0 Å². The Labute approximate surface area is 138 Å². The van der Waals surface area contributed by atoms with Gasteiger partial charge in [-0.15, -0.1) is 6.58 Å². The second-order valence-electron chi connectivity index (χ2n) is 5.83. The summed E-state index contributed by atoms with van der Waals surface area (Å²) in [6, 6.07) is 10.9. The van der Waals surface area contributed by atoms with E-state index in [2.05, 4.69) is 90.8 Å². The zero-order valence-corrected chi connectivity index (χ0v) is 13.9. The van der Waals surface area contributed by atoms with Gasteiger partial charge in [-0.05, 0) is 49.3 Å². The number of hydrogen-bond acceptors (Lipinski definition) is 1. The molecule has 1 aliphatic rings. The minimum absolute atomic E-state index is 0.800. The number of anilines is 1. The van der Waals surface area contributed by atoms with E-state index in [9.17, 15) is 0 Å². The number of fused-ring (bicyclic) bond motifs is 1. The molecule has 116 valence electrons. The Morgan fingerprint density at radius 3 is 2.61 bits per heavy atom. The van der Waals surface area contributed by atoms with Gasteiger partial charge in [0.05, 0.1) is 0 Å². The van der Waals surface area contributed by atoms with Gasteiger partial charge in [-0.25, -0.2) is 4.57 Å². The van der Waals surface area contributed by atoms with Crippen LogP contribution in [-0.2, 0) is 6.54 Å². The van der Waals surface area contributed by atoms with Crippen molar-refractivity contribution < 1.29 is 4.57 Å². The monoisotopic (exact) mass is 303 g/mol. The van der Waals surface area contributed by atoms with Crippen LogP contribution < -0.4 is 9.47 Å². The van der Waals surface area contributed by atoms with E-state index in [1.165, 1.54) is 28.1 Å². The Bertz CT molecular complexity index is 767. The van der Waals surface area contributed by atoms with Crippen molar-refractivity contribution in [3.8, 4) is 0 Å². The molecule has 0 fully saturated rings. The molecule has 1 aliphatic heterocycles. The van der Waals surface area contributed by atoms with Gasteiger partial charge in [0.1, 0.15) is 6.54 Å². The predicted octanol–water partition coefficient (Wildman–Crippen LogP) is 4.36. The molecule has 0 radical (unpaired) electrons. The van der Waals surface area contributed by atoms with Gasteiger partial charge in [0, 0.05) is 30.1 Å². The van der Waals surface area contributed by atoms with Crippen LogP contribution in [0, 0.1) is 6.92 Å². The average molecular weight is 303 g/mol. The molecule has 0 saturated heterocycles. The Morgan fingerprint density at radius 2 is 1.91 bits per heavy atom. The summed E-state index contributed by atoms with van der Waals surface area (Å²) in [5, 5.41) is 0. The number of benzene rings is 1. The molecule has 1 aromatic carbocycles. The maximum absolute atomic E-state index is 3.91. The van der Waals surface area contributed by atoms with Crippen molar-refractivity contribution in [1.82, 2.24) is 0 Å². The highest BCUT2D eigenvalue weighted by molar-refractivity contribution is 5.80. The molecule has 0 N–H and O–H groups in total. The van der Waals surface area contributed by atoms with Crippen LogP contribution in [0.4, 0.5) is 5.69 Å². The van der Waals surface area contributed by atoms with Crippen LogP contribution in [0.3, 0.4) is 0 Å². The second kappa shape index (κ2) is 6.66. The second-order valence-corrected chi connectivity index (χ2v) is 5.83. The zero-order valence-electron chi connectivity index (χ0n) is 13.9. The quantitative estimate of drug-likeness (QED) is 0.601. The van der Waals surface area contributed by atoms with Crippen molar-refractivity contribution in [2.75, 3.05) is 11.4 Å². The van der Waals surface area contributed by atoms with Gasteiger partial charge in [-0.1, -0.05) is 23.8 Å². The van der Waals surface area contributed by atoms with Crippen molar-refractivity contribution in [1.29, 1.82) is 0 Å². The fraction of sp³-hybridized carbons (Fsp3) is 0.190. The molecule has 2 heterocycles. The molecular weight excluding hydrogens is 280 g/mol. The summed E-state index contributed by atoms with van der Waals surface area (Å²) in [6.45, 7) is 9.98. The highest BCUT2D eigenvalue weighted by Gasteiger charge is 2.16. The molecule has 0 unspecified atom stereocenters. The van der Waals surface area contributed by atoms with Gasteiger partial charge in [0.2, 0.25) is 0 Å². The van der Waals surface area contributed by atoms with Gasteiger partial charge >= 0.3 is 0 Å². The molecule has 2 heteroatoms. The number of pyridine rings is 1. The van der Waals surface area contributed by atoms with E-state index in [-0.39, 0.29) is 0 Å². The number of nitrogens with zero attached hydrogens (tertiary/aromatic N) is 2. The number of aryl methyl sites for hydroxylation is 2. The summed E-state index contributed by atoms with van der Waals surface area (Å²) >= 11 is 0. The fourth-order valence-electron chi connectivity index (χ4n) is 2.86. The van der Waals surface area contributed by atoms with E-state index in [4.69, 9.17) is 0 Å². The number of aromatic nitrogens is 1. The molecule has 2 nitrogen and oxygen atoms in total. The molecular formula is C21H23N2+. The van der Waals surface area contributed by atoms with Crippen LogP contribution in [-0.4, -0.2) is 6.54 Å². The van der Waals surface area contributed by atoms with E-state index in [1.807, 2.05) is 6.08 Å².